The minimum absolute atomic E-state index is 0.0190. The zero-order chi connectivity index (χ0) is 10.7. The molecule has 0 bridgehead atoms. The molecule has 0 aliphatic carbocycles. The van der Waals surface area contributed by atoms with Crippen LogP contribution in [0.15, 0.2) is 18.2 Å². The number of hydrogen-bond donors (Lipinski definition) is 2. The number of nitrogens with two attached hydrogens (primary N) is 1. The molecule has 0 aliphatic rings. The highest BCUT2D eigenvalue weighted by molar-refractivity contribution is 6.34. The summed E-state index contributed by atoms with van der Waals surface area (Å²) in [5, 5.41) is 7.24. The molecule has 0 heterocycles. The second kappa shape index (κ2) is 4.23. The molecule has 76 valence electrons. The maximum atomic E-state index is 11.9. The largest absolute Gasteiger partial charge is 0.434 e. The van der Waals surface area contributed by atoms with Gasteiger partial charge in [-0.15, -0.1) is 0 Å². The Morgan fingerprint density at radius 3 is 2.64 bits per heavy atom. The highest BCUT2D eigenvalue weighted by atomic mass is 35.5. The van der Waals surface area contributed by atoms with E-state index in [9.17, 15) is 8.78 Å². The van der Waals surface area contributed by atoms with E-state index in [1.165, 1.54) is 18.2 Å². The Balaban J connectivity index is 3.14. The van der Waals surface area contributed by atoms with Gasteiger partial charge < -0.3 is 10.5 Å². The minimum Gasteiger partial charge on any atom is -0.434 e. The molecule has 1 rings (SSSR count). The first-order valence-corrected chi connectivity index (χ1v) is 3.98. The van der Waals surface area contributed by atoms with Crippen molar-refractivity contribution in [1.82, 2.24) is 0 Å². The molecule has 0 radical (unpaired) electrons. The number of rotatable bonds is 3. The van der Waals surface area contributed by atoms with E-state index in [1.54, 1.807) is 0 Å². The van der Waals surface area contributed by atoms with Gasteiger partial charge in [0.1, 0.15) is 11.6 Å². The lowest BCUT2D eigenvalue weighted by atomic mass is 10.2. The number of ether oxygens (including phenoxy) is 1. The van der Waals surface area contributed by atoms with Crippen molar-refractivity contribution in [3.8, 4) is 5.75 Å². The number of halogens is 3. The standard InChI is InChI=1S/C8H7ClF2N2O/c9-4-2-1-3-5(14-8(10)11)6(4)7(12)13/h1-3,8H,(H3,12,13). The van der Waals surface area contributed by atoms with Gasteiger partial charge in [0.15, 0.2) is 0 Å². The first kappa shape index (κ1) is 10.7. The highest BCUT2D eigenvalue weighted by Gasteiger charge is 2.14. The van der Waals surface area contributed by atoms with Gasteiger partial charge >= 0.3 is 6.61 Å². The summed E-state index contributed by atoms with van der Waals surface area (Å²) in [5.41, 5.74) is 5.15. The van der Waals surface area contributed by atoms with Crippen molar-refractivity contribution in [1.29, 1.82) is 5.41 Å². The van der Waals surface area contributed by atoms with Crippen LogP contribution in [0.1, 0.15) is 5.56 Å². The van der Waals surface area contributed by atoms with Crippen molar-refractivity contribution >= 4 is 17.4 Å². The normalized spacial score (nSPS) is 10.3. The number of hydrogen-bond acceptors (Lipinski definition) is 2. The van der Waals surface area contributed by atoms with Gasteiger partial charge in [-0.1, -0.05) is 17.7 Å². The van der Waals surface area contributed by atoms with Gasteiger partial charge in [-0.05, 0) is 12.1 Å². The van der Waals surface area contributed by atoms with Gasteiger partial charge in [-0.3, -0.25) is 5.41 Å². The lowest BCUT2D eigenvalue weighted by molar-refractivity contribution is -0.0499. The van der Waals surface area contributed by atoms with Crippen molar-refractivity contribution in [3.05, 3.63) is 28.8 Å². The molecular weight excluding hydrogens is 214 g/mol. The van der Waals surface area contributed by atoms with Gasteiger partial charge in [0, 0.05) is 0 Å². The summed E-state index contributed by atoms with van der Waals surface area (Å²) >= 11 is 5.66. The Kier molecular flexibility index (Phi) is 3.24. The van der Waals surface area contributed by atoms with Crippen molar-refractivity contribution in [2.45, 2.75) is 6.61 Å². The molecule has 1 aromatic carbocycles. The fourth-order valence-corrected chi connectivity index (χ4v) is 1.23. The van der Waals surface area contributed by atoms with Crippen LogP contribution in [0.5, 0.6) is 5.75 Å². The van der Waals surface area contributed by atoms with Crippen LogP contribution in [0.2, 0.25) is 5.02 Å². The number of nitrogen functional groups attached to an aromatic ring is 1. The molecule has 1 aromatic rings. The Morgan fingerprint density at radius 2 is 2.14 bits per heavy atom. The maximum absolute atomic E-state index is 11.9. The minimum atomic E-state index is -2.97. The maximum Gasteiger partial charge on any atom is 0.387 e. The van der Waals surface area contributed by atoms with E-state index in [2.05, 4.69) is 4.74 Å². The average Bonchev–Trinajstić information content (AvgIpc) is 2.01. The smallest absolute Gasteiger partial charge is 0.387 e. The summed E-state index contributed by atoms with van der Waals surface area (Å²) in [6.07, 6.45) is 0. The Bertz CT molecular complexity index is 357. The molecule has 0 aliphatic heterocycles. The summed E-state index contributed by atoms with van der Waals surface area (Å²) in [7, 11) is 0. The summed E-state index contributed by atoms with van der Waals surface area (Å²) in [4.78, 5) is 0. The van der Waals surface area contributed by atoms with Crippen LogP contribution in [0.25, 0.3) is 0 Å². The topological polar surface area (TPSA) is 59.1 Å². The first-order valence-electron chi connectivity index (χ1n) is 3.60. The summed E-state index contributed by atoms with van der Waals surface area (Å²) in [6.45, 7) is -2.97. The molecule has 0 amide bonds. The SMILES string of the molecule is N=C(N)c1c(Cl)cccc1OC(F)F. The number of benzene rings is 1. The van der Waals surface area contributed by atoms with Crippen LogP contribution in [-0.2, 0) is 0 Å². The van der Waals surface area contributed by atoms with E-state index in [-0.39, 0.29) is 16.3 Å². The van der Waals surface area contributed by atoms with Gasteiger partial charge in [0.2, 0.25) is 0 Å². The zero-order valence-electron chi connectivity index (χ0n) is 6.93. The third kappa shape index (κ3) is 2.32. The van der Waals surface area contributed by atoms with Gasteiger partial charge in [-0.25, -0.2) is 0 Å². The van der Waals surface area contributed by atoms with E-state index in [4.69, 9.17) is 22.7 Å². The van der Waals surface area contributed by atoms with Crippen LogP contribution >= 0.6 is 11.6 Å². The van der Waals surface area contributed by atoms with Crippen LogP contribution < -0.4 is 10.5 Å². The van der Waals surface area contributed by atoms with E-state index >= 15 is 0 Å². The quantitative estimate of drug-likeness (QED) is 0.606. The molecule has 3 nitrogen and oxygen atoms in total. The highest BCUT2D eigenvalue weighted by Crippen LogP contribution is 2.26. The van der Waals surface area contributed by atoms with Crippen molar-refractivity contribution < 1.29 is 13.5 Å². The van der Waals surface area contributed by atoms with Crippen LogP contribution in [0.4, 0.5) is 8.78 Å². The molecule has 6 heteroatoms. The molecular formula is C8H7ClF2N2O. The number of alkyl halides is 2. The molecule has 0 saturated carbocycles. The Morgan fingerprint density at radius 1 is 1.50 bits per heavy atom. The Labute approximate surface area is 83.9 Å². The second-order valence-electron chi connectivity index (χ2n) is 2.41. The zero-order valence-corrected chi connectivity index (χ0v) is 7.68. The second-order valence-corrected chi connectivity index (χ2v) is 2.81. The lowest BCUT2D eigenvalue weighted by Crippen LogP contribution is -2.15. The molecule has 0 saturated heterocycles. The van der Waals surface area contributed by atoms with E-state index in [0.29, 0.717) is 0 Å². The third-order valence-corrected chi connectivity index (χ3v) is 1.78. The fourth-order valence-electron chi connectivity index (χ4n) is 0.960. The van der Waals surface area contributed by atoms with E-state index in [0.717, 1.165) is 0 Å². The van der Waals surface area contributed by atoms with Gasteiger partial charge in [-0.2, -0.15) is 8.78 Å². The lowest BCUT2D eigenvalue weighted by Gasteiger charge is -2.10. The fraction of sp³-hybridized carbons (Fsp3) is 0.125. The molecule has 14 heavy (non-hydrogen) atoms. The molecule has 0 unspecified atom stereocenters. The summed E-state index contributed by atoms with van der Waals surface area (Å²) in [6, 6.07) is 4.15. The van der Waals surface area contributed by atoms with Crippen molar-refractivity contribution in [3.63, 3.8) is 0 Å². The molecule has 0 fully saturated rings. The predicted molar refractivity (Wildman–Crippen MR) is 49.1 cm³/mol. The van der Waals surface area contributed by atoms with E-state index < -0.39 is 12.4 Å². The monoisotopic (exact) mass is 220 g/mol. The number of amidine groups is 1. The van der Waals surface area contributed by atoms with E-state index in [1.807, 2.05) is 0 Å². The molecule has 0 atom stereocenters. The van der Waals surface area contributed by atoms with Gasteiger partial charge in [0.05, 0.1) is 10.6 Å². The molecule has 0 spiro atoms. The van der Waals surface area contributed by atoms with Crippen LogP contribution in [0, 0.1) is 5.41 Å². The Hall–Kier alpha value is -1.36. The van der Waals surface area contributed by atoms with Crippen molar-refractivity contribution in [2.75, 3.05) is 0 Å². The number of nitrogens with one attached hydrogen (secondary N) is 1. The average molecular weight is 221 g/mol. The van der Waals surface area contributed by atoms with Crippen LogP contribution in [0.3, 0.4) is 0 Å². The predicted octanol–water partition coefficient (Wildman–Crippen LogP) is 2.23. The van der Waals surface area contributed by atoms with Crippen molar-refractivity contribution in [2.24, 2.45) is 5.73 Å². The first-order chi connectivity index (χ1) is 6.52. The van der Waals surface area contributed by atoms with Gasteiger partial charge in [0.25, 0.3) is 0 Å². The van der Waals surface area contributed by atoms with Crippen LogP contribution in [-0.4, -0.2) is 12.4 Å². The third-order valence-electron chi connectivity index (χ3n) is 1.46. The summed E-state index contributed by atoms with van der Waals surface area (Å²) < 4.78 is 28.0. The molecule has 0 aromatic heterocycles. The summed E-state index contributed by atoms with van der Waals surface area (Å²) in [5.74, 6) is -0.605. The molecule has 3 N–H and O–H groups in total.